The van der Waals surface area contributed by atoms with Crippen LogP contribution in [0.4, 0.5) is 0 Å². The number of aliphatic hydroxyl groups is 1. The second-order valence-electron chi connectivity index (χ2n) is 8.62. The Bertz CT molecular complexity index is 990. The molecule has 3 unspecified atom stereocenters. The highest BCUT2D eigenvalue weighted by atomic mass is 79.9. The van der Waals surface area contributed by atoms with E-state index in [-0.39, 0.29) is 6.61 Å². The molecule has 3 aromatic rings. The standard InChI is InChI=1S/C29H33BrO6/c30-16-17-33-29-26(31)28(35-20-24-14-8-3-9-15-24)27(34-19-23-12-6-2-7-13-23)25(36-29)21-32-18-22-10-4-1-5-11-22/h1-15,25-29,31H,16-21H2/t25?,26?,27-,28?,29+/m1/s1. The lowest BCUT2D eigenvalue weighted by Crippen LogP contribution is -2.61. The molecule has 1 aliphatic rings. The molecule has 0 aromatic heterocycles. The van der Waals surface area contributed by atoms with Crippen molar-refractivity contribution in [2.75, 3.05) is 18.5 Å². The molecule has 0 aliphatic carbocycles. The van der Waals surface area contributed by atoms with Gasteiger partial charge in [0.1, 0.15) is 24.4 Å². The van der Waals surface area contributed by atoms with E-state index in [0.29, 0.717) is 31.8 Å². The summed E-state index contributed by atoms with van der Waals surface area (Å²) < 4.78 is 30.7. The van der Waals surface area contributed by atoms with Crippen molar-refractivity contribution in [3.8, 4) is 0 Å². The van der Waals surface area contributed by atoms with Crippen LogP contribution in [0.3, 0.4) is 0 Å². The Hall–Kier alpha value is -2.10. The van der Waals surface area contributed by atoms with Crippen molar-refractivity contribution in [1.29, 1.82) is 0 Å². The van der Waals surface area contributed by atoms with E-state index in [4.69, 9.17) is 23.7 Å². The smallest absolute Gasteiger partial charge is 0.186 e. The molecule has 0 amide bonds. The highest BCUT2D eigenvalue weighted by molar-refractivity contribution is 9.09. The summed E-state index contributed by atoms with van der Waals surface area (Å²) in [5.74, 6) is 0. The van der Waals surface area contributed by atoms with Crippen LogP contribution in [0.1, 0.15) is 16.7 Å². The first-order chi connectivity index (χ1) is 17.7. The van der Waals surface area contributed by atoms with Crippen LogP contribution in [0.5, 0.6) is 0 Å². The van der Waals surface area contributed by atoms with E-state index in [1.54, 1.807) is 0 Å². The van der Waals surface area contributed by atoms with E-state index in [1.807, 2.05) is 91.0 Å². The minimum Gasteiger partial charge on any atom is -0.385 e. The molecule has 1 heterocycles. The minimum atomic E-state index is -1.03. The third-order valence-corrected chi connectivity index (χ3v) is 6.26. The van der Waals surface area contributed by atoms with Crippen LogP contribution in [-0.2, 0) is 43.5 Å². The van der Waals surface area contributed by atoms with E-state index in [1.165, 1.54) is 0 Å². The first-order valence-electron chi connectivity index (χ1n) is 12.2. The van der Waals surface area contributed by atoms with Gasteiger partial charge in [-0.2, -0.15) is 0 Å². The van der Waals surface area contributed by atoms with Crippen molar-refractivity contribution in [3.05, 3.63) is 108 Å². The molecule has 1 saturated heterocycles. The zero-order valence-corrected chi connectivity index (χ0v) is 21.7. The van der Waals surface area contributed by atoms with Crippen molar-refractivity contribution in [3.63, 3.8) is 0 Å². The summed E-state index contributed by atoms with van der Waals surface area (Å²) in [6.45, 7) is 1.78. The van der Waals surface area contributed by atoms with Crippen molar-refractivity contribution < 1.29 is 28.8 Å². The van der Waals surface area contributed by atoms with Crippen molar-refractivity contribution in [2.24, 2.45) is 0 Å². The van der Waals surface area contributed by atoms with Gasteiger partial charge in [0.2, 0.25) is 0 Å². The molecule has 1 N–H and O–H groups in total. The first-order valence-corrected chi connectivity index (χ1v) is 13.3. The maximum absolute atomic E-state index is 11.2. The molecular formula is C29H33BrO6. The van der Waals surface area contributed by atoms with E-state index in [0.717, 1.165) is 16.7 Å². The summed E-state index contributed by atoms with van der Waals surface area (Å²) in [4.78, 5) is 0. The Morgan fingerprint density at radius 3 is 1.69 bits per heavy atom. The lowest BCUT2D eigenvalue weighted by atomic mass is 9.98. The van der Waals surface area contributed by atoms with Crippen LogP contribution >= 0.6 is 15.9 Å². The highest BCUT2D eigenvalue weighted by Crippen LogP contribution is 2.29. The molecule has 1 aliphatic heterocycles. The van der Waals surface area contributed by atoms with E-state index >= 15 is 0 Å². The largest absolute Gasteiger partial charge is 0.385 e. The number of hydrogen-bond acceptors (Lipinski definition) is 6. The van der Waals surface area contributed by atoms with Crippen molar-refractivity contribution in [1.82, 2.24) is 0 Å². The summed E-state index contributed by atoms with van der Waals surface area (Å²) in [6, 6.07) is 29.8. The summed E-state index contributed by atoms with van der Waals surface area (Å²) in [5, 5.41) is 11.8. The van der Waals surface area contributed by atoms with Gasteiger partial charge in [-0.1, -0.05) is 107 Å². The molecule has 0 bridgehead atoms. The van der Waals surface area contributed by atoms with E-state index < -0.39 is 30.7 Å². The van der Waals surface area contributed by atoms with Gasteiger partial charge in [0.05, 0.1) is 33.0 Å². The number of rotatable bonds is 13. The van der Waals surface area contributed by atoms with Gasteiger partial charge in [0, 0.05) is 5.33 Å². The van der Waals surface area contributed by atoms with Gasteiger partial charge in [0.15, 0.2) is 6.29 Å². The Balaban J connectivity index is 1.51. The second kappa shape index (κ2) is 14.6. The lowest BCUT2D eigenvalue weighted by molar-refractivity contribution is -0.317. The molecule has 6 nitrogen and oxygen atoms in total. The van der Waals surface area contributed by atoms with Crippen LogP contribution in [0, 0.1) is 0 Å². The topological polar surface area (TPSA) is 66.4 Å². The van der Waals surface area contributed by atoms with Gasteiger partial charge in [-0.15, -0.1) is 0 Å². The maximum atomic E-state index is 11.2. The van der Waals surface area contributed by atoms with Crippen molar-refractivity contribution >= 4 is 15.9 Å². The first kappa shape index (κ1) is 26.9. The molecule has 4 rings (SSSR count). The molecule has 5 atom stereocenters. The van der Waals surface area contributed by atoms with Crippen LogP contribution in [-0.4, -0.2) is 54.4 Å². The number of halogens is 1. The Morgan fingerprint density at radius 1 is 0.667 bits per heavy atom. The highest BCUT2D eigenvalue weighted by Gasteiger charge is 2.47. The van der Waals surface area contributed by atoms with Gasteiger partial charge in [-0.05, 0) is 16.7 Å². The van der Waals surface area contributed by atoms with E-state index in [2.05, 4.69) is 15.9 Å². The normalized spacial score (nSPS) is 24.0. The second-order valence-corrected chi connectivity index (χ2v) is 9.41. The number of hydrogen-bond donors (Lipinski definition) is 1. The van der Waals surface area contributed by atoms with Crippen LogP contribution in [0.25, 0.3) is 0 Å². The number of aliphatic hydroxyl groups excluding tert-OH is 1. The Kier molecular flexibility index (Phi) is 10.9. The molecule has 192 valence electrons. The maximum Gasteiger partial charge on any atom is 0.186 e. The van der Waals surface area contributed by atoms with Gasteiger partial charge in [-0.3, -0.25) is 0 Å². The average molecular weight is 557 g/mol. The predicted molar refractivity (Wildman–Crippen MR) is 141 cm³/mol. The van der Waals surface area contributed by atoms with Gasteiger partial charge in [-0.25, -0.2) is 0 Å². The van der Waals surface area contributed by atoms with Crippen LogP contribution in [0.2, 0.25) is 0 Å². The number of ether oxygens (including phenoxy) is 5. The zero-order valence-electron chi connectivity index (χ0n) is 20.2. The van der Waals surface area contributed by atoms with Gasteiger partial charge < -0.3 is 28.8 Å². The fourth-order valence-electron chi connectivity index (χ4n) is 4.12. The molecule has 36 heavy (non-hydrogen) atoms. The summed E-state index contributed by atoms with van der Waals surface area (Å²) >= 11 is 3.38. The third-order valence-electron chi connectivity index (χ3n) is 5.94. The van der Waals surface area contributed by atoms with Gasteiger partial charge >= 0.3 is 0 Å². The number of benzene rings is 3. The summed E-state index contributed by atoms with van der Waals surface area (Å²) in [6.07, 6.45) is -3.62. The fraction of sp³-hybridized carbons (Fsp3) is 0.379. The monoisotopic (exact) mass is 556 g/mol. The molecule has 7 heteroatoms. The average Bonchev–Trinajstić information content (AvgIpc) is 2.93. The minimum absolute atomic E-state index is 0.264. The molecular weight excluding hydrogens is 524 g/mol. The third kappa shape index (κ3) is 7.95. The Morgan fingerprint density at radius 2 is 1.17 bits per heavy atom. The fourth-order valence-corrected chi connectivity index (χ4v) is 4.31. The van der Waals surface area contributed by atoms with Crippen LogP contribution < -0.4 is 0 Å². The number of alkyl halides is 1. The summed E-state index contributed by atoms with van der Waals surface area (Å²) in [7, 11) is 0. The summed E-state index contributed by atoms with van der Waals surface area (Å²) in [5.41, 5.74) is 3.10. The molecule has 3 aromatic carbocycles. The zero-order chi connectivity index (χ0) is 25.0. The molecule has 1 fully saturated rings. The van der Waals surface area contributed by atoms with E-state index in [9.17, 15) is 5.11 Å². The van der Waals surface area contributed by atoms with Crippen LogP contribution in [0.15, 0.2) is 91.0 Å². The predicted octanol–water partition coefficient (Wildman–Crippen LogP) is 4.87. The molecule has 0 saturated carbocycles. The van der Waals surface area contributed by atoms with Crippen molar-refractivity contribution in [2.45, 2.75) is 50.5 Å². The SMILES string of the molecule is OC1C(OCc2ccccc2)[C@H](OCc2ccccc2)C(COCc2ccccc2)O[C@@H]1OCCBr. The van der Waals surface area contributed by atoms with Gasteiger partial charge in [0.25, 0.3) is 0 Å². The lowest BCUT2D eigenvalue weighted by Gasteiger charge is -2.44. The quantitative estimate of drug-likeness (QED) is 0.303. The molecule has 0 spiro atoms. The molecule has 0 radical (unpaired) electrons. The Labute approximate surface area is 221 Å².